The number of benzene rings is 1. The van der Waals surface area contributed by atoms with Crippen molar-refractivity contribution in [3.05, 3.63) is 52.9 Å². The molecule has 3 rings (SSSR count). The number of nitrogens with zero attached hydrogens (tertiary/aromatic N) is 2. The van der Waals surface area contributed by atoms with Crippen molar-refractivity contribution in [3.63, 3.8) is 0 Å². The van der Waals surface area contributed by atoms with E-state index in [1.165, 1.54) is 0 Å². The maximum Gasteiger partial charge on any atom is 0.269 e. The summed E-state index contributed by atoms with van der Waals surface area (Å²) in [5, 5.41) is 10.8. The highest BCUT2D eigenvalue weighted by Gasteiger charge is 2.27. The quantitative estimate of drug-likeness (QED) is 0.916. The third-order valence-electron chi connectivity index (χ3n) is 4.25. The van der Waals surface area contributed by atoms with E-state index in [0.717, 1.165) is 22.6 Å². The molecule has 2 atom stereocenters. The van der Waals surface area contributed by atoms with Crippen molar-refractivity contribution in [2.24, 2.45) is 5.16 Å². The molecule has 1 aromatic carbocycles. The molecule has 126 valence electrons. The predicted molar refractivity (Wildman–Crippen MR) is 89.7 cm³/mol. The summed E-state index contributed by atoms with van der Waals surface area (Å²) in [6, 6.07) is 9.79. The molecule has 2 heterocycles. The SMILES string of the molecule is Cc1noc(C)c1[C@H](C)CNC(=O)C1=NO[C@@H](c2ccccc2)C1. The number of carbonyl (C=O) groups excluding carboxylic acids is 1. The highest BCUT2D eigenvalue weighted by atomic mass is 16.6. The molecule has 0 fully saturated rings. The van der Waals surface area contributed by atoms with Crippen LogP contribution in [0.1, 0.15) is 47.9 Å². The van der Waals surface area contributed by atoms with E-state index in [0.29, 0.717) is 18.7 Å². The number of aromatic nitrogens is 1. The van der Waals surface area contributed by atoms with E-state index < -0.39 is 0 Å². The first kappa shape index (κ1) is 16.2. The molecular weight excluding hydrogens is 306 g/mol. The number of rotatable bonds is 5. The van der Waals surface area contributed by atoms with Crippen molar-refractivity contribution in [1.82, 2.24) is 10.5 Å². The fourth-order valence-corrected chi connectivity index (χ4v) is 3.00. The highest BCUT2D eigenvalue weighted by Crippen LogP contribution is 2.27. The number of oxime groups is 1. The zero-order valence-corrected chi connectivity index (χ0v) is 14.1. The van der Waals surface area contributed by atoms with Gasteiger partial charge in [-0.25, -0.2) is 0 Å². The smallest absolute Gasteiger partial charge is 0.269 e. The average molecular weight is 327 g/mol. The number of hydrogen-bond donors (Lipinski definition) is 1. The number of carbonyl (C=O) groups is 1. The van der Waals surface area contributed by atoms with Crippen LogP contribution in [0.15, 0.2) is 40.0 Å². The van der Waals surface area contributed by atoms with E-state index in [-0.39, 0.29) is 17.9 Å². The van der Waals surface area contributed by atoms with Gasteiger partial charge in [0.05, 0.1) is 5.69 Å². The van der Waals surface area contributed by atoms with Crippen molar-refractivity contribution in [3.8, 4) is 0 Å². The molecule has 1 amide bonds. The molecule has 6 heteroatoms. The summed E-state index contributed by atoms with van der Waals surface area (Å²) < 4.78 is 5.18. The minimum Gasteiger partial charge on any atom is -0.387 e. The lowest BCUT2D eigenvalue weighted by Crippen LogP contribution is -2.33. The van der Waals surface area contributed by atoms with Gasteiger partial charge in [-0.2, -0.15) is 0 Å². The summed E-state index contributed by atoms with van der Waals surface area (Å²) in [4.78, 5) is 17.7. The van der Waals surface area contributed by atoms with Gasteiger partial charge in [0.25, 0.3) is 5.91 Å². The van der Waals surface area contributed by atoms with Gasteiger partial charge in [0.1, 0.15) is 11.5 Å². The Morgan fingerprint density at radius 1 is 1.33 bits per heavy atom. The lowest BCUT2D eigenvalue weighted by Gasteiger charge is -2.12. The van der Waals surface area contributed by atoms with E-state index in [1.54, 1.807) is 0 Å². The third kappa shape index (κ3) is 3.32. The zero-order valence-electron chi connectivity index (χ0n) is 14.1. The van der Waals surface area contributed by atoms with Gasteiger partial charge in [-0.3, -0.25) is 4.79 Å². The number of hydrogen-bond acceptors (Lipinski definition) is 5. The van der Waals surface area contributed by atoms with Crippen LogP contribution in [0.4, 0.5) is 0 Å². The fourth-order valence-electron chi connectivity index (χ4n) is 3.00. The van der Waals surface area contributed by atoms with Crippen molar-refractivity contribution in [1.29, 1.82) is 0 Å². The Hall–Kier alpha value is -2.63. The molecule has 0 aliphatic carbocycles. The predicted octanol–water partition coefficient (Wildman–Crippen LogP) is 3.03. The summed E-state index contributed by atoms with van der Waals surface area (Å²) in [6.07, 6.45) is 0.294. The Kier molecular flexibility index (Phi) is 4.64. The van der Waals surface area contributed by atoms with E-state index in [1.807, 2.05) is 51.1 Å². The highest BCUT2D eigenvalue weighted by molar-refractivity contribution is 6.39. The monoisotopic (exact) mass is 327 g/mol. The molecule has 2 aromatic rings. The van der Waals surface area contributed by atoms with Crippen molar-refractivity contribution in [2.75, 3.05) is 6.54 Å². The van der Waals surface area contributed by atoms with Crippen LogP contribution in [0.25, 0.3) is 0 Å². The average Bonchev–Trinajstić information content (AvgIpc) is 3.20. The van der Waals surface area contributed by atoms with Crippen LogP contribution in [0.2, 0.25) is 0 Å². The Balaban J connectivity index is 1.55. The summed E-state index contributed by atoms with van der Waals surface area (Å²) in [5.74, 6) is 0.722. The normalized spacial score (nSPS) is 18.0. The number of aryl methyl sites for hydroxylation is 2. The standard InChI is InChI=1S/C18H21N3O3/c1-11(17-12(2)20-23-13(17)3)10-19-18(22)15-9-16(24-21-15)14-7-5-4-6-8-14/h4-8,11,16H,9-10H2,1-3H3,(H,19,22)/t11-,16-/m1/s1. The van der Waals surface area contributed by atoms with Gasteiger partial charge in [-0.1, -0.05) is 47.6 Å². The Labute approximate surface area is 140 Å². The van der Waals surface area contributed by atoms with Crippen LogP contribution in [0.3, 0.4) is 0 Å². The summed E-state index contributed by atoms with van der Waals surface area (Å²) in [7, 11) is 0. The van der Waals surface area contributed by atoms with Gasteiger partial charge in [0.2, 0.25) is 0 Å². The van der Waals surface area contributed by atoms with Gasteiger partial charge in [0.15, 0.2) is 6.10 Å². The lowest BCUT2D eigenvalue weighted by atomic mass is 9.99. The summed E-state index contributed by atoms with van der Waals surface area (Å²) >= 11 is 0. The molecular formula is C18H21N3O3. The van der Waals surface area contributed by atoms with Crippen LogP contribution in [0.5, 0.6) is 0 Å². The number of nitrogens with one attached hydrogen (secondary N) is 1. The molecule has 0 radical (unpaired) electrons. The minimum absolute atomic E-state index is 0.119. The second-order valence-corrected chi connectivity index (χ2v) is 6.10. The minimum atomic E-state index is -0.188. The molecule has 0 unspecified atom stereocenters. The van der Waals surface area contributed by atoms with Crippen molar-refractivity contribution >= 4 is 11.6 Å². The van der Waals surface area contributed by atoms with Gasteiger partial charge in [-0.05, 0) is 19.4 Å². The fraction of sp³-hybridized carbons (Fsp3) is 0.389. The molecule has 1 aromatic heterocycles. The largest absolute Gasteiger partial charge is 0.387 e. The number of amides is 1. The molecule has 1 N–H and O–H groups in total. The van der Waals surface area contributed by atoms with Crippen LogP contribution in [-0.4, -0.2) is 23.3 Å². The van der Waals surface area contributed by atoms with Gasteiger partial charge in [-0.15, -0.1) is 0 Å². The Morgan fingerprint density at radius 3 is 2.75 bits per heavy atom. The molecule has 1 aliphatic rings. The first-order chi connectivity index (χ1) is 11.6. The summed E-state index contributed by atoms with van der Waals surface area (Å²) in [6.45, 7) is 6.32. The Bertz CT molecular complexity index is 733. The second-order valence-electron chi connectivity index (χ2n) is 6.10. The molecule has 1 aliphatic heterocycles. The maximum atomic E-state index is 12.3. The van der Waals surface area contributed by atoms with Crippen LogP contribution in [0, 0.1) is 13.8 Å². The molecule has 6 nitrogen and oxygen atoms in total. The van der Waals surface area contributed by atoms with Crippen molar-refractivity contribution < 1.29 is 14.2 Å². The van der Waals surface area contributed by atoms with E-state index in [4.69, 9.17) is 9.36 Å². The van der Waals surface area contributed by atoms with Crippen LogP contribution < -0.4 is 5.32 Å². The van der Waals surface area contributed by atoms with Crippen molar-refractivity contribution in [2.45, 2.75) is 39.2 Å². The maximum absolute atomic E-state index is 12.3. The Morgan fingerprint density at radius 2 is 2.08 bits per heavy atom. The second kappa shape index (κ2) is 6.86. The first-order valence-corrected chi connectivity index (χ1v) is 8.05. The van der Waals surface area contributed by atoms with Crippen LogP contribution in [-0.2, 0) is 9.63 Å². The molecule has 0 saturated heterocycles. The van der Waals surface area contributed by atoms with Crippen LogP contribution >= 0.6 is 0 Å². The van der Waals surface area contributed by atoms with E-state index in [2.05, 4.69) is 15.6 Å². The lowest BCUT2D eigenvalue weighted by molar-refractivity contribution is -0.115. The van der Waals surface area contributed by atoms with E-state index in [9.17, 15) is 4.79 Å². The molecule has 0 bridgehead atoms. The van der Waals surface area contributed by atoms with E-state index >= 15 is 0 Å². The summed E-state index contributed by atoms with van der Waals surface area (Å²) in [5.41, 5.74) is 3.35. The third-order valence-corrected chi connectivity index (χ3v) is 4.25. The van der Waals surface area contributed by atoms with Gasteiger partial charge in [0, 0.05) is 24.4 Å². The molecule has 24 heavy (non-hydrogen) atoms. The molecule has 0 saturated carbocycles. The van der Waals surface area contributed by atoms with Gasteiger partial charge < -0.3 is 14.7 Å². The first-order valence-electron chi connectivity index (χ1n) is 8.05. The van der Waals surface area contributed by atoms with Gasteiger partial charge >= 0.3 is 0 Å². The zero-order chi connectivity index (χ0) is 17.1. The molecule has 0 spiro atoms. The topological polar surface area (TPSA) is 76.7 Å².